The Labute approximate surface area is 217 Å². The zero-order chi connectivity index (χ0) is 25.9. The Kier molecular flexibility index (Phi) is 6.91. The molecular formula is C27H25N5O4S. The van der Waals surface area contributed by atoms with E-state index in [0.717, 1.165) is 41.4 Å². The van der Waals surface area contributed by atoms with Crippen LogP contribution < -0.4 is 15.6 Å². The van der Waals surface area contributed by atoms with Gasteiger partial charge in [-0.05, 0) is 42.0 Å². The summed E-state index contributed by atoms with van der Waals surface area (Å²) in [6, 6.07) is 16.8. The zero-order valence-electron chi connectivity index (χ0n) is 20.4. The molecule has 0 saturated carbocycles. The van der Waals surface area contributed by atoms with Crippen LogP contribution in [-0.4, -0.2) is 37.1 Å². The molecule has 2 aromatic carbocycles. The average molecular weight is 516 g/mol. The van der Waals surface area contributed by atoms with E-state index in [9.17, 15) is 14.4 Å². The zero-order valence-corrected chi connectivity index (χ0v) is 21.2. The van der Waals surface area contributed by atoms with Gasteiger partial charge in [0, 0.05) is 12.6 Å². The SMILES string of the molecule is CCCc1nn(C)c2c(=O)n(CCOc3ccc(C=C4SC(=O)NC4=O)cc3)c(-c3ccccc3)nc12. The van der Waals surface area contributed by atoms with Gasteiger partial charge in [-0.3, -0.25) is 28.9 Å². The summed E-state index contributed by atoms with van der Waals surface area (Å²) >= 11 is 0.877. The van der Waals surface area contributed by atoms with Gasteiger partial charge in [-0.15, -0.1) is 0 Å². The van der Waals surface area contributed by atoms with E-state index >= 15 is 0 Å². The second-order valence-electron chi connectivity index (χ2n) is 8.55. The standard InChI is InChI=1S/C27H25N5O4S/c1-3-7-20-22-23(31(2)30-20)26(34)32(24(28-22)18-8-5-4-6-9-18)14-15-36-19-12-10-17(11-13-19)16-21-25(33)29-27(35)37-21/h4-6,8-13,16H,3,7,14-15H2,1-2H3,(H,29,33,35). The molecule has 0 spiro atoms. The first-order valence-electron chi connectivity index (χ1n) is 11.9. The maximum Gasteiger partial charge on any atom is 0.290 e. The fourth-order valence-corrected chi connectivity index (χ4v) is 4.91. The number of ether oxygens (including phenoxy) is 1. The molecule has 0 bridgehead atoms. The van der Waals surface area contributed by atoms with Crippen LogP contribution in [0.4, 0.5) is 4.79 Å². The van der Waals surface area contributed by atoms with Crippen LogP contribution in [0.2, 0.25) is 0 Å². The molecule has 0 atom stereocenters. The lowest BCUT2D eigenvalue weighted by atomic mass is 10.2. The van der Waals surface area contributed by atoms with Gasteiger partial charge in [0.25, 0.3) is 16.7 Å². The van der Waals surface area contributed by atoms with Crippen LogP contribution in [-0.2, 0) is 24.8 Å². The van der Waals surface area contributed by atoms with Gasteiger partial charge in [-0.25, -0.2) is 4.98 Å². The number of hydrogen-bond acceptors (Lipinski definition) is 7. The number of thioether (sulfide) groups is 1. The maximum absolute atomic E-state index is 13.6. The average Bonchev–Trinajstić information content (AvgIpc) is 3.38. The van der Waals surface area contributed by atoms with Gasteiger partial charge in [-0.2, -0.15) is 5.10 Å². The van der Waals surface area contributed by atoms with Crippen molar-refractivity contribution in [2.24, 2.45) is 7.05 Å². The normalized spacial score (nSPS) is 14.5. The number of aryl methyl sites for hydroxylation is 2. The number of nitrogens with one attached hydrogen (secondary N) is 1. The Balaban J connectivity index is 1.39. The molecule has 188 valence electrons. The van der Waals surface area contributed by atoms with Crippen molar-refractivity contribution >= 4 is 40.0 Å². The van der Waals surface area contributed by atoms with E-state index in [-0.39, 0.29) is 17.4 Å². The van der Waals surface area contributed by atoms with Crippen LogP contribution in [0.15, 0.2) is 64.3 Å². The second kappa shape index (κ2) is 10.4. The number of imide groups is 1. The first kappa shape index (κ1) is 24.5. The fraction of sp³-hybridized carbons (Fsp3) is 0.222. The van der Waals surface area contributed by atoms with Gasteiger partial charge in [-0.1, -0.05) is 55.8 Å². The molecule has 0 aliphatic carbocycles. The summed E-state index contributed by atoms with van der Waals surface area (Å²) in [5, 5.41) is 6.42. The van der Waals surface area contributed by atoms with E-state index in [1.807, 2.05) is 30.3 Å². The van der Waals surface area contributed by atoms with Crippen molar-refractivity contribution in [1.29, 1.82) is 0 Å². The molecule has 2 aromatic heterocycles. The van der Waals surface area contributed by atoms with Gasteiger partial charge < -0.3 is 4.74 Å². The molecule has 1 aliphatic heterocycles. The Morgan fingerprint density at radius 3 is 2.49 bits per heavy atom. The maximum atomic E-state index is 13.6. The van der Waals surface area contributed by atoms with Crippen LogP contribution in [0, 0.1) is 0 Å². The molecule has 5 rings (SSSR count). The highest BCUT2D eigenvalue weighted by Gasteiger charge is 2.25. The summed E-state index contributed by atoms with van der Waals surface area (Å²) in [4.78, 5) is 41.9. The molecule has 0 unspecified atom stereocenters. The minimum atomic E-state index is -0.393. The van der Waals surface area contributed by atoms with Crippen molar-refractivity contribution in [3.63, 3.8) is 0 Å². The van der Waals surface area contributed by atoms with Crippen molar-refractivity contribution in [3.8, 4) is 17.1 Å². The Hall–Kier alpha value is -4.18. The van der Waals surface area contributed by atoms with E-state index in [4.69, 9.17) is 9.72 Å². The van der Waals surface area contributed by atoms with Gasteiger partial charge >= 0.3 is 0 Å². The summed E-state index contributed by atoms with van der Waals surface area (Å²) in [5.41, 5.74) is 3.41. The molecule has 4 aromatic rings. The highest BCUT2D eigenvalue weighted by molar-refractivity contribution is 8.18. The number of benzene rings is 2. The number of fused-ring (bicyclic) bond motifs is 1. The number of amides is 2. The third kappa shape index (κ3) is 5.05. The Morgan fingerprint density at radius 1 is 1.05 bits per heavy atom. The first-order valence-corrected chi connectivity index (χ1v) is 12.8. The predicted octanol–water partition coefficient (Wildman–Crippen LogP) is 4.15. The van der Waals surface area contributed by atoms with Crippen molar-refractivity contribution in [2.75, 3.05) is 6.61 Å². The molecule has 37 heavy (non-hydrogen) atoms. The predicted molar refractivity (Wildman–Crippen MR) is 143 cm³/mol. The van der Waals surface area contributed by atoms with Gasteiger partial charge in [0.05, 0.1) is 17.1 Å². The van der Waals surface area contributed by atoms with E-state index in [2.05, 4.69) is 17.3 Å². The number of carbonyl (C=O) groups excluding carboxylic acids is 2. The second-order valence-corrected chi connectivity index (χ2v) is 9.56. The minimum Gasteiger partial charge on any atom is -0.492 e. The van der Waals surface area contributed by atoms with Gasteiger partial charge in [0.1, 0.15) is 23.7 Å². The highest BCUT2D eigenvalue weighted by Crippen LogP contribution is 2.26. The molecule has 10 heteroatoms. The number of aromatic nitrogens is 4. The number of rotatable bonds is 8. The van der Waals surface area contributed by atoms with Crippen LogP contribution in [0.1, 0.15) is 24.6 Å². The summed E-state index contributed by atoms with van der Waals surface area (Å²) in [6.07, 6.45) is 3.31. The Bertz CT molecular complexity index is 1570. The van der Waals surface area contributed by atoms with Crippen molar-refractivity contribution in [2.45, 2.75) is 26.3 Å². The highest BCUT2D eigenvalue weighted by atomic mass is 32.2. The smallest absolute Gasteiger partial charge is 0.290 e. The third-order valence-electron chi connectivity index (χ3n) is 5.94. The largest absolute Gasteiger partial charge is 0.492 e. The van der Waals surface area contributed by atoms with Crippen molar-refractivity contribution in [1.82, 2.24) is 24.6 Å². The first-order chi connectivity index (χ1) is 17.9. The topological polar surface area (TPSA) is 108 Å². The number of hydrogen-bond donors (Lipinski definition) is 1. The molecule has 1 N–H and O–H groups in total. The third-order valence-corrected chi connectivity index (χ3v) is 6.75. The van der Waals surface area contributed by atoms with Crippen LogP contribution >= 0.6 is 11.8 Å². The quantitative estimate of drug-likeness (QED) is 0.351. The number of carbonyl (C=O) groups is 2. The summed E-state index contributed by atoms with van der Waals surface area (Å²) in [7, 11) is 1.77. The molecule has 0 radical (unpaired) electrons. The van der Waals surface area contributed by atoms with Crippen LogP contribution in [0.3, 0.4) is 0 Å². The summed E-state index contributed by atoms with van der Waals surface area (Å²) < 4.78 is 9.19. The fourth-order valence-electron chi connectivity index (χ4n) is 4.22. The molecule has 1 aliphatic rings. The summed E-state index contributed by atoms with van der Waals surface area (Å²) in [5.74, 6) is 0.808. The molecule has 3 heterocycles. The lowest BCUT2D eigenvalue weighted by molar-refractivity contribution is -0.115. The van der Waals surface area contributed by atoms with Crippen LogP contribution in [0.25, 0.3) is 28.5 Å². The van der Waals surface area contributed by atoms with Crippen LogP contribution in [0.5, 0.6) is 5.75 Å². The minimum absolute atomic E-state index is 0.159. The number of nitrogens with zero attached hydrogens (tertiary/aromatic N) is 4. The van der Waals surface area contributed by atoms with Crippen molar-refractivity contribution < 1.29 is 14.3 Å². The molecule has 1 fully saturated rings. The van der Waals surface area contributed by atoms with E-state index in [1.165, 1.54) is 0 Å². The lowest BCUT2D eigenvalue weighted by Crippen LogP contribution is -2.27. The lowest BCUT2D eigenvalue weighted by Gasteiger charge is -2.14. The van der Waals surface area contributed by atoms with Gasteiger partial charge in [0.15, 0.2) is 5.52 Å². The van der Waals surface area contributed by atoms with E-state index in [0.29, 0.717) is 34.1 Å². The molecule has 1 saturated heterocycles. The monoisotopic (exact) mass is 515 g/mol. The van der Waals surface area contributed by atoms with E-state index < -0.39 is 5.91 Å². The molecule has 9 nitrogen and oxygen atoms in total. The van der Waals surface area contributed by atoms with Crippen molar-refractivity contribution in [3.05, 3.63) is 81.1 Å². The van der Waals surface area contributed by atoms with Gasteiger partial charge in [0.2, 0.25) is 0 Å². The molecule has 2 amide bonds. The molecular weight excluding hydrogens is 490 g/mol. The Morgan fingerprint density at radius 2 is 1.81 bits per heavy atom. The van der Waals surface area contributed by atoms with E-state index in [1.54, 1.807) is 46.6 Å². The summed E-state index contributed by atoms with van der Waals surface area (Å²) in [6.45, 7) is 2.62.